The lowest BCUT2D eigenvalue weighted by Crippen LogP contribution is -2.38. The molecule has 1 aliphatic rings. The van der Waals surface area contributed by atoms with Crippen LogP contribution in [0.15, 0.2) is 54.6 Å². The van der Waals surface area contributed by atoms with Crippen molar-refractivity contribution in [2.45, 2.75) is 45.4 Å². The van der Waals surface area contributed by atoms with Crippen LogP contribution >= 0.6 is 0 Å². The Morgan fingerprint density at radius 3 is 2.42 bits per heavy atom. The van der Waals surface area contributed by atoms with Gasteiger partial charge in [-0.2, -0.15) is 0 Å². The molecule has 2 amide bonds. The summed E-state index contributed by atoms with van der Waals surface area (Å²) in [7, 11) is 0. The molecule has 2 aromatic rings. The highest BCUT2D eigenvalue weighted by Gasteiger charge is 2.22. The fourth-order valence-electron chi connectivity index (χ4n) is 4.05. The van der Waals surface area contributed by atoms with Gasteiger partial charge in [0.05, 0.1) is 6.61 Å². The first-order valence-corrected chi connectivity index (χ1v) is 11.5. The van der Waals surface area contributed by atoms with Crippen molar-refractivity contribution in [3.05, 3.63) is 65.7 Å². The van der Waals surface area contributed by atoms with Crippen molar-refractivity contribution >= 4 is 11.8 Å². The van der Waals surface area contributed by atoms with E-state index in [1.807, 2.05) is 42.2 Å². The number of ether oxygens (including phenoxy) is 1. The molecule has 5 nitrogen and oxygen atoms in total. The average Bonchev–Trinajstić information content (AvgIpc) is 2.82. The normalized spacial score (nSPS) is 14.3. The van der Waals surface area contributed by atoms with Gasteiger partial charge in [-0.05, 0) is 74.8 Å². The van der Waals surface area contributed by atoms with E-state index in [0.717, 1.165) is 38.1 Å². The van der Waals surface area contributed by atoms with Crippen LogP contribution in [0.25, 0.3) is 0 Å². The number of hydrogen-bond acceptors (Lipinski definition) is 3. The molecule has 3 rings (SSSR count). The lowest BCUT2D eigenvalue weighted by molar-refractivity contribution is -0.132. The van der Waals surface area contributed by atoms with E-state index in [0.29, 0.717) is 37.5 Å². The molecule has 0 bridgehead atoms. The van der Waals surface area contributed by atoms with Crippen LogP contribution in [0, 0.1) is 5.92 Å². The first-order valence-electron chi connectivity index (χ1n) is 11.5. The van der Waals surface area contributed by atoms with E-state index >= 15 is 0 Å². The highest BCUT2D eigenvalue weighted by atomic mass is 16.5. The topological polar surface area (TPSA) is 58.6 Å². The van der Waals surface area contributed by atoms with Gasteiger partial charge in [0.25, 0.3) is 5.91 Å². The number of benzene rings is 2. The number of piperidine rings is 1. The van der Waals surface area contributed by atoms with Crippen LogP contribution < -0.4 is 10.1 Å². The number of carbonyl (C=O) groups excluding carboxylic acids is 2. The molecule has 1 aliphatic heterocycles. The zero-order valence-corrected chi connectivity index (χ0v) is 18.5. The molecular weight excluding hydrogens is 388 g/mol. The number of amides is 2. The minimum atomic E-state index is -0.0820. The Hall–Kier alpha value is -2.82. The maximum absolute atomic E-state index is 12.5. The Morgan fingerprint density at radius 1 is 1.03 bits per heavy atom. The molecule has 1 saturated heterocycles. The second-order valence-electron chi connectivity index (χ2n) is 8.17. The molecule has 166 valence electrons. The Balaban J connectivity index is 1.29. The zero-order chi connectivity index (χ0) is 21.9. The zero-order valence-electron chi connectivity index (χ0n) is 18.5. The van der Waals surface area contributed by atoms with Crippen LogP contribution in [-0.4, -0.2) is 43.0 Å². The third-order valence-electron chi connectivity index (χ3n) is 5.93. The standard InChI is InChI=1S/C26H34N2O3/c1-2-31-24-14-12-21(13-15-24)10-11-22-16-19-28(20-17-22)25(29)9-6-18-27-26(30)23-7-4-3-5-8-23/h3-5,7-8,12-15,22H,2,6,9-11,16-20H2,1H3,(H,27,30). The maximum atomic E-state index is 12.5. The molecule has 2 aromatic carbocycles. The molecule has 5 heteroatoms. The summed E-state index contributed by atoms with van der Waals surface area (Å²) < 4.78 is 5.50. The third-order valence-corrected chi connectivity index (χ3v) is 5.93. The number of aryl methyl sites for hydroxylation is 1. The molecule has 31 heavy (non-hydrogen) atoms. The summed E-state index contributed by atoms with van der Waals surface area (Å²) in [6, 6.07) is 17.6. The average molecular weight is 423 g/mol. The van der Waals surface area contributed by atoms with Gasteiger partial charge in [-0.25, -0.2) is 0 Å². The Kier molecular flexibility index (Phi) is 8.95. The number of likely N-dealkylation sites (tertiary alicyclic amines) is 1. The molecule has 0 saturated carbocycles. The van der Waals surface area contributed by atoms with Gasteiger partial charge in [0, 0.05) is 31.6 Å². The van der Waals surface area contributed by atoms with Crippen molar-refractivity contribution in [3.8, 4) is 5.75 Å². The molecular formula is C26H34N2O3. The minimum absolute atomic E-state index is 0.0820. The second kappa shape index (κ2) is 12.1. The summed E-state index contributed by atoms with van der Waals surface area (Å²) in [6.45, 7) is 4.91. The van der Waals surface area contributed by atoms with Crippen molar-refractivity contribution in [2.75, 3.05) is 26.2 Å². The van der Waals surface area contributed by atoms with Gasteiger partial charge in [0.2, 0.25) is 5.91 Å². The van der Waals surface area contributed by atoms with E-state index in [9.17, 15) is 9.59 Å². The molecule has 0 spiro atoms. The second-order valence-corrected chi connectivity index (χ2v) is 8.17. The van der Waals surface area contributed by atoms with Gasteiger partial charge in [-0.15, -0.1) is 0 Å². The van der Waals surface area contributed by atoms with E-state index in [1.54, 1.807) is 12.1 Å². The first kappa shape index (κ1) is 22.9. The van der Waals surface area contributed by atoms with Crippen molar-refractivity contribution in [1.29, 1.82) is 0 Å². The summed E-state index contributed by atoms with van der Waals surface area (Å²) in [6.07, 6.45) is 5.57. The van der Waals surface area contributed by atoms with E-state index in [-0.39, 0.29) is 11.8 Å². The van der Waals surface area contributed by atoms with Gasteiger partial charge in [0.1, 0.15) is 5.75 Å². The largest absolute Gasteiger partial charge is 0.494 e. The minimum Gasteiger partial charge on any atom is -0.494 e. The molecule has 0 unspecified atom stereocenters. The van der Waals surface area contributed by atoms with E-state index in [4.69, 9.17) is 4.74 Å². The summed E-state index contributed by atoms with van der Waals surface area (Å²) in [4.78, 5) is 26.5. The fourth-order valence-corrected chi connectivity index (χ4v) is 4.05. The molecule has 1 N–H and O–H groups in total. The first-order chi connectivity index (χ1) is 15.2. The molecule has 1 fully saturated rings. The fraction of sp³-hybridized carbons (Fsp3) is 0.462. The van der Waals surface area contributed by atoms with Gasteiger partial charge in [-0.3, -0.25) is 9.59 Å². The highest BCUT2D eigenvalue weighted by Crippen LogP contribution is 2.23. The van der Waals surface area contributed by atoms with Crippen molar-refractivity contribution in [3.63, 3.8) is 0 Å². The van der Waals surface area contributed by atoms with Gasteiger partial charge < -0.3 is 15.0 Å². The Bertz CT molecular complexity index is 812. The summed E-state index contributed by atoms with van der Waals surface area (Å²) >= 11 is 0. The quantitative estimate of drug-likeness (QED) is 0.575. The van der Waals surface area contributed by atoms with Crippen LogP contribution in [0.1, 0.15) is 54.9 Å². The maximum Gasteiger partial charge on any atom is 0.251 e. The van der Waals surface area contributed by atoms with E-state index < -0.39 is 0 Å². The number of nitrogens with one attached hydrogen (secondary N) is 1. The van der Waals surface area contributed by atoms with Crippen LogP contribution in [0.5, 0.6) is 5.75 Å². The smallest absolute Gasteiger partial charge is 0.251 e. The van der Waals surface area contributed by atoms with Gasteiger partial charge in [-0.1, -0.05) is 30.3 Å². The molecule has 0 aromatic heterocycles. The highest BCUT2D eigenvalue weighted by molar-refractivity contribution is 5.94. The number of carbonyl (C=O) groups is 2. The van der Waals surface area contributed by atoms with Crippen LogP contribution in [0.3, 0.4) is 0 Å². The van der Waals surface area contributed by atoms with Crippen LogP contribution in [0.2, 0.25) is 0 Å². The van der Waals surface area contributed by atoms with Crippen LogP contribution in [-0.2, 0) is 11.2 Å². The lowest BCUT2D eigenvalue weighted by atomic mass is 9.90. The van der Waals surface area contributed by atoms with Gasteiger partial charge in [0.15, 0.2) is 0 Å². The predicted octanol–water partition coefficient (Wildman–Crippen LogP) is 4.47. The number of hydrogen-bond donors (Lipinski definition) is 1. The number of rotatable bonds is 10. The SMILES string of the molecule is CCOc1ccc(CCC2CCN(C(=O)CCCNC(=O)c3ccccc3)CC2)cc1. The predicted molar refractivity (Wildman–Crippen MR) is 123 cm³/mol. The number of nitrogens with zero attached hydrogens (tertiary/aromatic N) is 1. The van der Waals surface area contributed by atoms with Crippen molar-refractivity contribution in [1.82, 2.24) is 10.2 Å². The Labute approximate surface area is 185 Å². The molecule has 0 radical (unpaired) electrons. The van der Waals surface area contributed by atoms with Crippen molar-refractivity contribution < 1.29 is 14.3 Å². The van der Waals surface area contributed by atoms with E-state index in [2.05, 4.69) is 17.4 Å². The molecule has 0 aliphatic carbocycles. The summed E-state index contributed by atoms with van der Waals surface area (Å²) in [5, 5.41) is 2.89. The summed E-state index contributed by atoms with van der Waals surface area (Å²) in [5.74, 6) is 1.73. The summed E-state index contributed by atoms with van der Waals surface area (Å²) in [5.41, 5.74) is 2.00. The third kappa shape index (κ3) is 7.42. The van der Waals surface area contributed by atoms with Crippen molar-refractivity contribution in [2.24, 2.45) is 5.92 Å². The monoisotopic (exact) mass is 422 g/mol. The molecule has 0 atom stereocenters. The lowest BCUT2D eigenvalue weighted by Gasteiger charge is -2.32. The van der Waals surface area contributed by atoms with E-state index in [1.165, 1.54) is 12.0 Å². The Morgan fingerprint density at radius 2 is 1.74 bits per heavy atom. The van der Waals surface area contributed by atoms with Gasteiger partial charge >= 0.3 is 0 Å². The van der Waals surface area contributed by atoms with Crippen LogP contribution in [0.4, 0.5) is 0 Å². The molecule has 1 heterocycles.